The van der Waals surface area contributed by atoms with E-state index in [1.807, 2.05) is 0 Å². The van der Waals surface area contributed by atoms with Crippen molar-refractivity contribution in [3.8, 4) is 0 Å². The standard InChI is InChI=1S/C58H104O6/c1-4-7-10-13-16-19-22-25-27-28-29-30-31-34-36-39-42-45-48-51-57(60)63-54-55(53-62-56(59)50-47-44-41-38-35-32-24-21-18-15-12-9-6-3)64-58(61)52-49-46-43-40-37-33-26-23-20-17-14-11-8-5-2/h16,19,25,27,29-30,34,36,55H,4-15,17-18,20-24,26,28,31-33,35,37-54H2,1-3H3/b19-16+,27-25+,30-29+,36-34+/t55-/m1/s1. The lowest BCUT2D eigenvalue weighted by Gasteiger charge is -2.18. The molecule has 0 heterocycles. The first-order chi connectivity index (χ1) is 31.5. The van der Waals surface area contributed by atoms with Crippen LogP contribution in [-0.2, 0) is 28.6 Å². The van der Waals surface area contributed by atoms with Crippen molar-refractivity contribution in [2.45, 2.75) is 290 Å². The summed E-state index contributed by atoms with van der Waals surface area (Å²) in [4.78, 5) is 38.0. The van der Waals surface area contributed by atoms with Gasteiger partial charge in [0, 0.05) is 19.3 Å². The molecule has 0 fully saturated rings. The summed E-state index contributed by atoms with van der Waals surface area (Å²) in [5, 5.41) is 0. The molecule has 6 heteroatoms. The molecule has 1 atom stereocenters. The quantitative estimate of drug-likeness (QED) is 0.0262. The van der Waals surface area contributed by atoms with Crippen molar-refractivity contribution in [2.24, 2.45) is 0 Å². The highest BCUT2D eigenvalue weighted by Gasteiger charge is 2.19. The first-order valence-electron chi connectivity index (χ1n) is 27.6. The Morgan fingerprint density at radius 3 is 0.906 bits per heavy atom. The largest absolute Gasteiger partial charge is 0.462 e. The fourth-order valence-corrected chi connectivity index (χ4v) is 7.90. The smallest absolute Gasteiger partial charge is 0.306 e. The first kappa shape index (κ1) is 61.4. The van der Waals surface area contributed by atoms with E-state index in [0.29, 0.717) is 19.3 Å². The lowest BCUT2D eigenvalue weighted by Crippen LogP contribution is -2.30. The molecule has 0 aromatic heterocycles. The van der Waals surface area contributed by atoms with Gasteiger partial charge in [-0.3, -0.25) is 14.4 Å². The summed E-state index contributed by atoms with van der Waals surface area (Å²) in [6, 6.07) is 0. The molecule has 0 saturated carbocycles. The number of esters is 3. The van der Waals surface area contributed by atoms with Gasteiger partial charge in [0.25, 0.3) is 0 Å². The van der Waals surface area contributed by atoms with Crippen LogP contribution in [0, 0.1) is 0 Å². The summed E-state index contributed by atoms with van der Waals surface area (Å²) in [6.45, 7) is 6.61. The third-order valence-corrected chi connectivity index (χ3v) is 12.1. The van der Waals surface area contributed by atoms with E-state index in [9.17, 15) is 14.4 Å². The summed E-state index contributed by atoms with van der Waals surface area (Å²) in [7, 11) is 0. The highest BCUT2D eigenvalue weighted by Crippen LogP contribution is 2.16. The number of carbonyl (C=O) groups is 3. The van der Waals surface area contributed by atoms with Crippen molar-refractivity contribution >= 4 is 17.9 Å². The maximum Gasteiger partial charge on any atom is 0.306 e. The molecule has 0 spiro atoms. The van der Waals surface area contributed by atoms with E-state index in [2.05, 4.69) is 69.4 Å². The molecule has 0 saturated heterocycles. The van der Waals surface area contributed by atoms with Crippen molar-refractivity contribution in [3.05, 3.63) is 48.6 Å². The minimum atomic E-state index is -0.781. The molecule has 0 amide bonds. The van der Waals surface area contributed by atoms with Gasteiger partial charge in [0.1, 0.15) is 13.2 Å². The Morgan fingerprint density at radius 2 is 0.562 bits per heavy atom. The SMILES string of the molecule is CCCCC/C=C/C/C=C/C/C=C/C/C=C/CCCCCC(=O)OC[C@@H](COC(=O)CCCCCCCCCCCCCCC)OC(=O)CCCCCCCCCCCCCCCC. The number of hydrogen-bond donors (Lipinski definition) is 0. The summed E-state index contributed by atoms with van der Waals surface area (Å²) in [5.41, 5.74) is 0. The molecule has 0 radical (unpaired) electrons. The van der Waals surface area contributed by atoms with Crippen LogP contribution in [0.25, 0.3) is 0 Å². The molecular weight excluding hydrogens is 793 g/mol. The zero-order valence-electron chi connectivity index (χ0n) is 42.6. The summed E-state index contributed by atoms with van der Waals surface area (Å²) >= 11 is 0. The Bertz CT molecular complexity index is 1120. The predicted octanol–water partition coefficient (Wildman–Crippen LogP) is 18.3. The zero-order valence-corrected chi connectivity index (χ0v) is 42.6. The molecule has 0 aromatic rings. The molecule has 0 N–H and O–H groups in total. The molecule has 64 heavy (non-hydrogen) atoms. The second kappa shape index (κ2) is 53.0. The average molecular weight is 897 g/mol. The van der Waals surface area contributed by atoms with Gasteiger partial charge >= 0.3 is 17.9 Å². The van der Waals surface area contributed by atoms with Crippen molar-refractivity contribution in [2.75, 3.05) is 13.2 Å². The predicted molar refractivity (Wildman–Crippen MR) is 275 cm³/mol. The van der Waals surface area contributed by atoms with E-state index in [-0.39, 0.29) is 31.1 Å². The van der Waals surface area contributed by atoms with E-state index < -0.39 is 6.10 Å². The van der Waals surface area contributed by atoms with Gasteiger partial charge in [-0.25, -0.2) is 0 Å². The highest BCUT2D eigenvalue weighted by atomic mass is 16.6. The number of unbranched alkanes of at least 4 members (excludes halogenated alkanes) is 31. The number of ether oxygens (including phenoxy) is 3. The van der Waals surface area contributed by atoms with Crippen LogP contribution in [0.2, 0.25) is 0 Å². The topological polar surface area (TPSA) is 78.9 Å². The minimum Gasteiger partial charge on any atom is -0.462 e. The molecule has 0 aromatic carbocycles. The van der Waals surface area contributed by atoms with E-state index in [0.717, 1.165) is 83.5 Å². The average Bonchev–Trinajstić information content (AvgIpc) is 3.29. The molecule has 0 unspecified atom stereocenters. The van der Waals surface area contributed by atoms with Gasteiger partial charge < -0.3 is 14.2 Å². The van der Waals surface area contributed by atoms with Crippen molar-refractivity contribution < 1.29 is 28.6 Å². The molecule has 0 aliphatic heterocycles. The summed E-state index contributed by atoms with van der Waals surface area (Å²) in [5.74, 6) is -0.898. The van der Waals surface area contributed by atoms with Crippen LogP contribution in [0.15, 0.2) is 48.6 Å². The van der Waals surface area contributed by atoms with Crippen LogP contribution in [0.5, 0.6) is 0 Å². The minimum absolute atomic E-state index is 0.0793. The van der Waals surface area contributed by atoms with Gasteiger partial charge in [-0.2, -0.15) is 0 Å². The number of allylic oxidation sites excluding steroid dienone is 8. The van der Waals surface area contributed by atoms with E-state index in [1.54, 1.807) is 0 Å². The van der Waals surface area contributed by atoms with Crippen molar-refractivity contribution in [1.29, 1.82) is 0 Å². The Kier molecular flexibility index (Phi) is 50.8. The molecule has 0 aliphatic carbocycles. The Balaban J connectivity index is 4.40. The Labute approximate surface area is 397 Å². The molecule has 0 rings (SSSR count). The second-order valence-electron chi connectivity index (χ2n) is 18.5. The van der Waals surface area contributed by atoms with E-state index in [1.165, 1.54) is 161 Å². The van der Waals surface area contributed by atoms with Gasteiger partial charge in [-0.1, -0.05) is 249 Å². The van der Waals surface area contributed by atoms with Gasteiger partial charge in [-0.05, 0) is 64.2 Å². The monoisotopic (exact) mass is 897 g/mol. The lowest BCUT2D eigenvalue weighted by atomic mass is 10.0. The van der Waals surface area contributed by atoms with E-state index in [4.69, 9.17) is 14.2 Å². The third kappa shape index (κ3) is 50.4. The second-order valence-corrected chi connectivity index (χ2v) is 18.5. The van der Waals surface area contributed by atoms with Crippen LogP contribution in [0.3, 0.4) is 0 Å². The maximum absolute atomic E-state index is 12.8. The van der Waals surface area contributed by atoms with E-state index >= 15 is 0 Å². The van der Waals surface area contributed by atoms with Gasteiger partial charge in [0.05, 0.1) is 0 Å². The Morgan fingerprint density at radius 1 is 0.312 bits per heavy atom. The van der Waals surface area contributed by atoms with Crippen LogP contribution in [0.4, 0.5) is 0 Å². The molecule has 6 nitrogen and oxygen atoms in total. The Hall–Kier alpha value is -2.63. The van der Waals surface area contributed by atoms with Crippen molar-refractivity contribution in [1.82, 2.24) is 0 Å². The van der Waals surface area contributed by atoms with Crippen LogP contribution < -0.4 is 0 Å². The third-order valence-electron chi connectivity index (χ3n) is 12.1. The fourth-order valence-electron chi connectivity index (χ4n) is 7.90. The maximum atomic E-state index is 12.8. The molecule has 0 aliphatic rings. The summed E-state index contributed by atoms with van der Waals surface area (Å²) < 4.78 is 16.8. The fraction of sp³-hybridized carbons (Fsp3) is 0.810. The highest BCUT2D eigenvalue weighted by molar-refractivity contribution is 5.71. The van der Waals surface area contributed by atoms with Crippen LogP contribution >= 0.6 is 0 Å². The molecule has 0 bridgehead atoms. The number of carbonyl (C=O) groups excluding carboxylic acids is 3. The normalized spacial score (nSPS) is 12.4. The molecule has 372 valence electrons. The van der Waals surface area contributed by atoms with Gasteiger partial charge in [0.15, 0.2) is 6.10 Å². The van der Waals surface area contributed by atoms with Crippen molar-refractivity contribution in [3.63, 3.8) is 0 Å². The number of hydrogen-bond acceptors (Lipinski definition) is 6. The zero-order chi connectivity index (χ0) is 46.5. The first-order valence-corrected chi connectivity index (χ1v) is 27.6. The number of rotatable bonds is 50. The van der Waals surface area contributed by atoms with Crippen LogP contribution in [-0.4, -0.2) is 37.2 Å². The molecular formula is C58H104O6. The van der Waals surface area contributed by atoms with Gasteiger partial charge in [-0.15, -0.1) is 0 Å². The van der Waals surface area contributed by atoms with Gasteiger partial charge in [0.2, 0.25) is 0 Å². The summed E-state index contributed by atoms with van der Waals surface area (Å²) in [6.07, 6.45) is 63.8. The lowest BCUT2D eigenvalue weighted by molar-refractivity contribution is -0.167. The van der Waals surface area contributed by atoms with Crippen LogP contribution in [0.1, 0.15) is 284 Å².